The van der Waals surface area contributed by atoms with Gasteiger partial charge in [0.05, 0.1) is 12.2 Å². The van der Waals surface area contributed by atoms with Crippen molar-refractivity contribution in [3.05, 3.63) is 12.7 Å². The number of hydrogen-bond acceptors (Lipinski definition) is 3. The minimum absolute atomic E-state index is 0.0776. The van der Waals surface area contributed by atoms with Crippen molar-refractivity contribution in [1.82, 2.24) is 5.32 Å². The summed E-state index contributed by atoms with van der Waals surface area (Å²) in [7, 11) is 0. The first-order valence-corrected chi connectivity index (χ1v) is 7.49. The van der Waals surface area contributed by atoms with Crippen molar-refractivity contribution in [3.8, 4) is 0 Å². The van der Waals surface area contributed by atoms with E-state index in [4.69, 9.17) is 9.47 Å². The average Bonchev–Trinajstić information content (AvgIpc) is 2.89. The summed E-state index contributed by atoms with van der Waals surface area (Å²) in [4.78, 5) is 0. The first kappa shape index (κ1) is 16.7. The Kier molecular flexibility index (Phi) is 6.51. The fourth-order valence-electron chi connectivity index (χ4n) is 2.32. The summed E-state index contributed by atoms with van der Waals surface area (Å²) in [6.07, 6.45) is 4.00. The van der Waals surface area contributed by atoms with Crippen molar-refractivity contribution in [2.24, 2.45) is 11.3 Å². The van der Waals surface area contributed by atoms with Crippen LogP contribution in [0.3, 0.4) is 0 Å². The first-order valence-electron chi connectivity index (χ1n) is 7.49. The Hall–Kier alpha value is -0.380. The van der Waals surface area contributed by atoms with Crippen LogP contribution in [-0.2, 0) is 9.47 Å². The number of rotatable bonds is 11. The molecule has 0 aliphatic heterocycles. The van der Waals surface area contributed by atoms with Gasteiger partial charge in [0.1, 0.15) is 0 Å². The van der Waals surface area contributed by atoms with Gasteiger partial charge in [-0.2, -0.15) is 0 Å². The van der Waals surface area contributed by atoms with Gasteiger partial charge in [0.15, 0.2) is 0 Å². The molecule has 3 heteroatoms. The van der Waals surface area contributed by atoms with Crippen molar-refractivity contribution >= 4 is 0 Å². The molecule has 1 atom stereocenters. The molecule has 1 N–H and O–H groups in total. The van der Waals surface area contributed by atoms with Crippen molar-refractivity contribution in [1.29, 1.82) is 0 Å². The highest BCUT2D eigenvalue weighted by atomic mass is 16.5. The van der Waals surface area contributed by atoms with Crippen LogP contribution >= 0.6 is 0 Å². The van der Waals surface area contributed by atoms with Crippen molar-refractivity contribution in [3.63, 3.8) is 0 Å². The molecule has 1 aliphatic carbocycles. The SMILES string of the molecule is C=CC1(OCCCOCCNCC(C)C)CC1(C)C. The highest BCUT2D eigenvalue weighted by molar-refractivity contribution is 5.21. The maximum Gasteiger partial charge on any atom is 0.0917 e. The minimum Gasteiger partial charge on any atom is -0.380 e. The van der Waals surface area contributed by atoms with Crippen LogP contribution in [0, 0.1) is 11.3 Å². The molecular formula is C16H31NO2. The predicted octanol–water partition coefficient (Wildman–Crippen LogP) is 3.01. The smallest absolute Gasteiger partial charge is 0.0917 e. The zero-order chi connectivity index (χ0) is 14.4. The van der Waals surface area contributed by atoms with Gasteiger partial charge in [0, 0.05) is 25.2 Å². The van der Waals surface area contributed by atoms with Gasteiger partial charge in [-0.25, -0.2) is 0 Å². The number of ether oxygens (including phenoxy) is 2. The second-order valence-corrected chi connectivity index (χ2v) is 6.57. The Morgan fingerprint density at radius 2 is 1.95 bits per heavy atom. The molecule has 1 saturated carbocycles. The highest BCUT2D eigenvalue weighted by Crippen LogP contribution is 2.58. The van der Waals surface area contributed by atoms with E-state index >= 15 is 0 Å². The lowest BCUT2D eigenvalue weighted by Crippen LogP contribution is -2.24. The summed E-state index contributed by atoms with van der Waals surface area (Å²) < 4.78 is 11.5. The van der Waals surface area contributed by atoms with E-state index in [9.17, 15) is 0 Å². The molecule has 0 saturated heterocycles. The third kappa shape index (κ3) is 5.25. The lowest BCUT2D eigenvalue weighted by molar-refractivity contribution is 0.0242. The van der Waals surface area contributed by atoms with Gasteiger partial charge in [-0.15, -0.1) is 6.58 Å². The van der Waals surface area contributed by atoms with Crippen LogP contribution in [0.15, 0.2) is 12.7 Å². The maximum absolute atomic E-state index is 5.95. The molecule has 1 fully saturated rings. The summed E-state index contributed by atoms with van der Waals surface area (Å²) in [5.41, 5.74) is 0.183. The molecule has 0 radical (unpaired) electrons. The Balaban J connectivity index is 1.91. The molecule has 0 bridgehead atoms. The number of hydrogen-bond donors (Lipinski definition) is 1. The van der Waals surface area contributed by atoms with Gasteiger partial charge in [-0.1, -0.05) is 33.8 Å². The molecule has 1 unspecified atom stereocenters. The van der Waals surface area contributed by atoms with Gasteiger partial charge in [-0.3, -0.25) is 0 Å². The standard InChI is InChI=1S/C16H31NO2/c1-6-16(13-15(16,4)5)19-10-7-9-18-11-8-17-12-14(2)3/h6,14,17H,1,7-13H2,2-5H3. The summed E-state index contributed by atoms with van der Waals surface area (Å²) in [6, 6.07) is 0. The first-order chi connectivity index (χ1) is 8.93. The molecule has 3 nitrogen and oxygen atoms in total. The molecule has 0 aromatic rings. The summed E-state index contributed by atoms with van der Waals surface area (Å²) >= 11 is 0. The molecule has 0 aromatic carbocycles. The number of nitrogens with one attached hydrogen (secondary N) is 1. The van der Waals surface area contributed by atoms with Crippen molar-refractivity contribution in [2.75, 3.05) is 32.9 Å². The molecular weight excluding hydrogens is 238 g/mol. The minimum atomic E-state index is -0.0776. The highest BCUT2D eigenvalue weighted by Gasteiger charge is 2.60. The van der Waals surface area contributed by atoms with Gasteiger partial charge in [0.25, 0.3) is 0 Å². The second kappa shape index (κ2) is 7.41. The Morgan fingerprint density at radius 3 is 2.47 bits per heavy atom. The van der Waals surface area contributed by atoms with Crippen LogP contribution in [0.1, 0.15) is 40.5 Å². The Morgan fingerprint density at radius 1 is 1.26 bits per heavy atom. The van der Waals surface area contributed by atoms with Crippen molar-refractivity contribution in [2.45, 2.75) is 46.1 Å². The third-order valence-corrected chi connectivity index (χ3v) is 3.82. The largest absolute Gasteiger partial charge is 0.380 e. The van der Waals surface area contributed by atoms with E-state index in [1.165, 1.54) is 0 Å². The summed E-state index contributed by atoms with van der Waals surface area (Å²) in [5, 5.41) is 3.36. The van der Waals surface area contributed by atoms with E-state index in [1.807, 2.05) is 6.08 Å². The normalized spacial score (nSPS) is 24.7. The molecule has 0 heterocycles. The topological polar surface area (TPSA) is 30.5 Å². The second-order valence-electron chi connectivity index (χ2n) is 6.57. The van der Waals surface area contributed by atoms with E-state index in [0.717, 1.165) is 45.8 Å². The monoisotopic (exact) mass is 269 g/mol. The zero-order valence-corrected chi connectivity index (χ0v) is 13.1. The quantitative estimate of drug-likeness (QED) is 0.462. The lowest BCUT2D eigenvalue weighted by atomic mass is 10.1. The van der Waals surface area contributed by atoms with E-state index in [0.29, 0.717) is 5.92 Å². The van der Waals surface area contributed by atoms with Crippen LogP contribution in [0.4, 0.5) is 0 Å². The summed E-state index contributed by atoms with van der Waals surface area (Å²) in [5.74, 6) is 0.699. The van der Waals surface area contributed by atoms with Gasteiger partial charge >= 0.3 is 0 Å². The predicted molar refractivity (Wildman–Crippen MR) is 80.4 cm³/mol. The molecule has 19 heavy (non-hydrogen) atoms. The Labute approximate surface area is 118 Å². The zero-order valence-electron chi connectivity index (χ0n) is 13.1. The van der Waals surface area contributed by atoms with Crippen molar-refractivity contribution < 1.29 is 9.47 Å². The molecule has 1 rings (SSSR count). The molecule has 0 amide bonds. The van der Waals surface area contributed by atoms with Gasteiger partial charge < -0.3 is 14.8 Å². The van der Waals surface area contributed by atoms with Gasteiger partial charge in [-0.05, 0) is 25.3 Å². The van der Waals surface area contributed by atoms with E-state index in [1.54, 1.807) is 0 Å². The third-order valence-electron chi connectivity index (χ3n) is 3.82. The van der Waals surface area contributed by atoms with E-state index in [2.05, 4.69) is 39.6 Å². The van der Waals surface area contributed by atoms with E-state index in [-0.39, 0.29) is 11.0 Å². The molecule has 0 spiro atoms. The van der Waals surface area contributed by atoms with Crippen LogP contribution < -0.4 is 5.32 Å². The van der Waals surface area contributed by atoms with E-state index < -0.39 is 0 Å². The fourth-order valence-corrected chi connectivity index (χ4v) is 2.32. The maximum atomic E-state index is 5.95. The van der Waals surface area contributed by atoms with Crippen LogP contribution in [-0.4, -0.2) is 38.5 Å². The summed E-state index contributed by atoms with van der Waals surface area (Å²) in [6.45, 7) is 17.1. The molecule has 0 aromatic heterocycles. The average molecular weight is 269 g/mol. The fraction of sp³-hybridized carbons (Fsp3) is 0.875. The molecule has 112 valence electrons. The lowest BCUT2D eigenvalue weighted by Gasteiger charge is -2.17. The van der Waals surface area contributed by atoms with Crippen LogP contribution in [0.25, 0.3) is 0 Å². The molecule has 1 aliphatic rings. The van der Waals surface area contributed by atoms with Crippen LogP contribution in [0.2, 0.25) is 0 Å². The Bertz CT molecular complexity index is 276. The van der Waals surface area contributed by atoms with Crippen LogP contribution in [0.5, 0.6) is 0 Å². The van der Waals surface area contributed by atoms with Gasteiger partial charge in [0.2, 0.25) is 0 Å².